The second-order valence-corrected chi connectivity index (χ2v) is 5.61. The highest BCUT2D eigenvalue weighted by Gasteiger charge is 2.33. The highest BCUT2D eigenvalue weighted by Crippen LogP contribution is 2.23. The van der Waals surface area contributed by atoms with Crippen LogP contribution in [-0.2, 0) is 4.79 Å². The highest BCUT2D eigenvalue weighted by molar-refractivity contribution is 5.78. The van der Waals surface area contributed by atoms with Crippen LogP contribution in [-0.4, -0.2) is 16.6 Å². The second kappa shape index (κ2) is 6.20. The number of aryl methyl sites for hydroxylation is 2. The average Bonchev–Trinajstić information content (AvgIpc) is 2.32. The predicted octanol–water partition coefficient (Wildman–Crippen LogP) is 3.60. The second-order valence-electron chi connectivity index (χ2n) is 5.61. The molecule has 0 amide bonds. The summed E-state index contributed by atoms with van der Waals surface area (Å²) in [6.45, 7) is 9.91. The van der Waals surface area contributed by atoms with E-state index in [4.69, 9.17) is 0 Å². The number of hydrogen-bond donors (Lipinski definition) is 2. The van der Waals surface area contributed by atoms with E-state index in [1.165, 1.54) is 16.7 Å². The van der Waals surface area contributed by atoms with Crippen LogP contribution in [0.3, 0.4) is 0 Å². The molecular formula is C16H25NO2. The third-order valence-corrected chi connectivity index (χ3v) is 3.66. The molecule has 2 atom stereocenters. The molecule has 0 aliphatic heterocycles. The van der Waals surface area contributed by atoms with Gasteiger partial charge in [-0.1, -0.05) is 37.1 Å². The molecule has 0 bridgehead atoms. The van der Waals surface area contributed by atoms with Crippen molar-refractivity contribution in [2.75, 3.05) is 0 Å². The summed E-state index contributed by atoms with van der Waals surface area (Å²) in [4.78, 5) is 11.5. The maximum Gasteiger partial charge on any atom is 0.323 e. The molecule has 0 fully saturated rings. The van der Waals surface area contributed by atoms with Crippen molar-refractivity contribution in [2.24, 2.45) is 0 Å². The van der Waals surface area contributed by atoms with Gasteiger partial charge in [0.15, 0.2) is 0 Å². The van der Waals surface area contributed by atoms with E-state index >= 15 is 0 Å². The standard InChI is InChI=1S/C16H25NO2/c1-6-9-16(5,15(18)19)17-13(4)14-10-11(2)7-8-12(14)3/h7-8,10,13,17H,6,9H2,1-5H3,(H,18,19). The summed E-state index contributed by atoms with van der Waals surface area (Å²) in [6, 6.07) is 6.31. The Labute approximate surface area is 116 Å². The minimum Gasteiger partial charge on any atom is -0.480 e. The number of aliphatic carboxylic acids is 1. The Hall–Kier alpha value is -1.35. The molecule has 3 heteroatoms. The average molecular weight is 263 g/mol. The summed E-state index contributed by atoms with van der Waals surface area (Å²) < 4.78 is 0. The van der Waals surface area contributed by atoms with Crippen molar-refractivity contribution in [3.05, 3.63) is 34.9 Å². The van der Waals surface area contributed by atoms with E-state index < -0.39 is 11.5 Å². The molecule has 0 aliphatic carbocycles. The fourth-order valence-corrected chi connectivity index (χ4v) is 2.52. The van der Waals surface area contributed by atoms with Crippen LogP contribution in [0.15, 0.2) is 18.2 Å². The van der Waals surface area contributed by atoms with Crippen LogP contribution in [0.1, 0.15) is 56.3 Å². The zero-order chi connectivity index (χ0) is 14.6. The SMILES string of the molecule is CCCC(C)(NC(C)c1cc(C)ccc1C)C(=O)O. The monoisotopic (exact) mass is 263 g/mol. The van der Waals surface area contributed by atoms with E-state index in [2.05, 4.69) is 37.4 Å². The Morgan fingerprint density at radius 2 is 2.05 bits per heavy atom. The van der Waals surface area contributed by atoms with Gasteiger partial charge in [-0.25, -0.2) is 0 Å². The van der Waals surface area contributed by atoms with Crippen molar-refractivity contribution in [2.45, 2.75) is 59.0 Å². The number of carboxylic acids is 1. The molecule has 1 rings (SSSR count). The lowest BCUT2D eigenvalue weighted by Gasteiger charge is -2.30. The number of hydrogen-bond acceptors (Lipinski definition) is 2. The maximum absolute atomic E-state index is 11.5. The van der Waals surface area contributed by atoms with Crippen LogP contribution in [0.5, 0.6) is 0 Å². The first-order chi connectivity index (χ1) is 8.80. The van der Waals surface area contributed by atoms with E-state index in [0.717, 1.165) is 6.42 Å². The zero-order valence-corrected chi connectivity index (χ0v) is 12.6. The lowest BCUT2D eigenvalue weighted by Crippen LogP contribution is -2.50. The third kappa shape index (κ3) is 3.80. The summed E-state index contributed by atoms with van der Waals surface area (Å²) in [6.07, 6.45) is 1.47. The summed E-state index contributed by atoms with van der Waals surface area (Å²) in [5.74, 6) is -0.786. The predicted molar refractivity (Wildman–Crippen MR) is 78.4 cm³/mol. The Bertz CT molecular complexity index is 456. The van der Waals surface area contributed by atoms with Crippen molar-refractivity contribution in [3.8, 4) is 0 Å². The zero-order valence-electron chi connectivity index (χ0n) is 12.6. The third-order valence-electron chi connectivity index (χ3n) is 3.66. The van der Waals surface area contributed by atoms with Crippen molar-refractivity contribution in [1.29, 1.82) is 0 Å². The lowest BCUT2D eigenvalue weighted by atomic mass is 9.92. The molecule has 3 nitrogen and oxygen atoms in total. The first kappa shape index (κ1) is 15.7. The van der Waals surface area contributed by atoms with Gasteiger partial charge in [0, 0.05) is 6.04 Å². The van der Waals surface area contributed by atoms with Gasteiger partial charge in [0.1, 0.15) is 5.54 Å². The molecule has 0 spiro atoms. The van der Waals surface area contributed by atoms with Crippen LogP contribution in [0.2, 0.25) is 0 Å². The highest BCUT2D eigenvalue weighted by atomic mass is 16.4. The minimum atomic E-state index is -0.871. The number of carboxylic acid groups (broad SMARTS) is 1. The molecule has 106 valence electrons. The molecule has 19 heavy (non-hydrogen) atoms. The van der Waals surface area contributed by atoms with Crippen LogP contribution >= 0.6 is 0 Å². The maximum atomic E-state index is 11.5. The van der Waals surface area contributed by atoms with Gasteiger partial charge < -0.3 is 5.11 Å². The number of rotatable bonds is 6. The smallest absolute Gasteiger partial charge is 0.323 e. The molecule has 1 aromatic carbocycles. The number of benzene rings is 1. The molecule has 2 N–H and O–H groups in total. The van der Waals surface area contributed by atoms with Crippen molar-refractivity contribution in [3.63, 3.8) is 0 Å². The summed E-state index contributed by atoms with van der Waals surface area (Å²) in [5.41, 5.74) is 2.69. The normalized spacial score (nSPS) is 15.8. The van der Waals surface area contributed by atoms with Crippen molar-refractivity contribution in [1.82, 2.24) is 5.32 Å². The molecule has 2 unspecified atom stereocenters. The van der Waals surface area contributed by atoms with Gasteiger partial charge in [-0.05, 0) is 45.2 Å². The molecule has 0 saturated heterocycles. The summed E-state index contributed by atoms with van der Waals surface area (Å²) in [7, 11) is 0. The Morgan fingerprint density at radius 3 is 2.58 bits per heavy atom. The first-order valence-corrected chi connectivity index (χ1v) is 6.88. The molecular weight excluding hydrogens is 238 g/mol. The van der Waals surface area contributed by atoms with Crippen LogP contribution in [0, 0.1) is 13.8 Å². The minimum absolute atomic E-state index is 0.0209. The van der Waals surface area contributed by atoms with E-state index in [0.29, 0.717) is 6.42 Å². The van der Waals surface area contributed by atoms with Gasteiger partial charge in [0.05, 0.1) is 0 Å². The van der Waals surface area contributed by atoms with Crippen molar-refractivity contribution >= 4 is 5.97 Å². The number of carbonyl (C=O) groups is 1. The van der Waals surface area contributed by atoms with Crippen molar-refractivity contribution < 1.29 is 9.90 Å². The van der Waals surface area contributed by atoms with E-state index in [1.807, 2.05) is 13.8 Å². The van der Waals surface area contributed by atoms with Crippen LogP contribution in [0.25, 0.3) is 0 Å². The molecule has 0 saturated carbocycles. The van der Waals surface area contributed by atoms with Gasteiger partial charge in [0.2, 0.25) is 0 Å². The Balaban J connectivity index is 2.97. The van der Waals surface area contributed by atoms with E-state index in [1.54, 1.807) is 6.92 Å². The Kier molecular flexibility index (Phi) is 5.12. The molecule has 0 radical (unpaired) electrons. The summed E-state index contributed by atoms with van der Waals surface area (Å²) >= 11 is 0. The topological polar surface area (TPSA) is 49.3 Å². The van der Waals surface area contributed by atoms with Gasteiger partial charge in [-0.2, -0.15) is 0 Å². The molecule has 1 aromatic rings. The number of nitrogens with one attached hydrogen (secondary N) is 1. The van der Waals surface area contributed by atoms with Crippen LogP contribution < -0.4 is 5.32 Å². The fourth-order valence-electron chi connectivity index (χ4n) is 2.52. The van der Waals surface area contributed by atoms with Gasteiger partial charge in [0.25, 0.3) is 0 Å². The van der Waals surface area contributed by atoms with E-state index in [-0.39, 0.29) is 6.04 Å². The fraction of sp³-hybridized carbons (Fsp3) is 0.562. The largest absolute Gasteiger partial charge is 0.480 e. The Morgan fingerprint density at radius 1 is 1.42 bits per heavy atom. The van der Waals surface area contributed by atoms with Crippen LogP contribution in [0.4, 0.5) is 0 Å². The van der Waals surface area contributed by atoms with Gasteiger partial charge >= 0.3 is 5.97 Å². The molecule has 0 heterocycles. The molecule has 0 aromatic heterocycles. The first-order valence-electron chi connectivity index (χ1n) is 6.88. The van der Waals surface area contributed by atoms with Gasteiger partial charge in [-0.3, -0.25) is 10.1 Å². The quantitative estimate of drug-likeness (QED) is 0.824. The summed E-state index contributed by atoms with van der Waals surface area (Å²) in [5, 5.41) is 12.7. The van der Waals surface area contributed by atoms with E-state index in [9.17, 15) is 9.90 Å². The molecule has 0 aliphatic rings. The lowest BCUT2D eigenvalue weighted by molar-refractivity contribution is -0.144. The van der Waals surface area contributed by atoms with Gasteiger partial charge in [-0.15, -0.1) is 0 Å².